The van der Waals surface area contributed by atoms with Crippen LogP contribution < -0.4 is 5.32 Å². The van der Waals surface area contributed by atoms with Gasteiger partial charge in [-0.05, 0) is 18.6 Å². The van der Waals surface area contributed by atoms with Crippen LogP contribution in [-0.2, 0) is 0 Å². The third-order valence-corrected chi connectivity index (χ3v) is 4.41. The molecule has 1 aromatic carbocycles. The van der Waals surface area contributed by atoms with E-state index in [4.69, 9.17) is 5.11 Å². The molecule has 6 heteroatoms. The molecule has 116 valence electrons. The molecule has 0 radical (unpaired) electrons. The third kappa shape index (κ3) is 3.72. The van der Waals surface area contributed by atoms with Crippen molar-refractivity contribution in [2.24, 2.45) is 0 Å². The molecule has 5 nitrogen and oxygen atoms in total. The molecule has 1 heterocycles. The number of carbonyl (C=O) groups excluding carboxylic acids is 1. The highest BCUT2D eigenvalue weighted by atomic mass is 32.1. The van der Waals surface area contributed by atoms with Crippen LogP contribution in [0.5, 0.6) is 0 Å². The van der Waals surface area contributed by atoms with Crippen molar-refractivity contribution in [3.05, 3.63) is 57.3 Å². The molecule has 0 spiro atoms. The Balaban J connectivity index is 2.04. The summed E-state index contributed by atoms with van der Waals surface area (Å²) in [6.45, 7) is 1.93. The van der Waals surface area contributed by atoms with Crippen molar-refractivity contribution >= 4 is 23.2 Å². The summed E-state index contributed by atoms with van der Waals surface area (Å²) in [5.74, 6) is -1.55. The number of aromatic carboxylic acids is 1. The molecule has 0 aliphatic carbocycles. The number of hydrogen-bond acceptors (Lipinski definition) is 4. The maximum absolute atomic E-state index is 12.2. The lowest BCUT2D eigenvalue weighted by molar-refractivity contribution is 0.0702. The van der Waals surface area contributed by atoms with Crippen LogP contribution >= 0.6 is 11.3 Å². The van der Waals surface area contributed by atoms with Crippen molar-refractivity contribution in [3.63, 3.8) is 0 Å². The molecule has 1 amide bonds. The van der Waals surface area contributed by atoms with Gasteiger partial charge in [-0.25, -0.2) is 4.79 Å². The van der Waals surface area contributed by atoms with Crippen LogP contribution in [0.4, 0.5) is 0 Å². The van der Waals surface area contributed by atoms with Gasteiger partial charge in [0.1, 0.15) is 4.88 Å². The zero-order chi connectivity index (χ0) is 16.1. The molecule has 0 aliphatic rings. The predicted molar refractivity (Wildman–Crippen MR) is 84.6 cm³/mol. The second kappa shape index (κ2) is 7.20. The first-order valence-electron chi connectivity index (χ1n) is 6.80. The Morgan fingerprint density at radius 1 is 1.27 bits per heavy atom. The molecule has 0 aliphatic heterocycles. The van der Waals surface area contributed by atoms with E-state index in [1.165, 1.54) is 6.07 Å². The van der Waals surface area contributed by atoms with Gasteiger partial charge in [0.05, 0.1) is 12.2 Å². The summed E-state index contributed by atoms with van der Waals surface area (Å²) in [7, 11) is 0. The minimum Gasteiger partial charge on any atom is -0.477 e. The summed E-state index contributed by atoms with van der Waals surface area (Å²) in [6.07, 6.45) is 0. The monoisotopic (exact) mass is 319 g/mol. The van der Waals surface area contributed by atoms with Crippen LogP contribution in [0.15, 0.2) is 36.4 Å². The number of amides is 1. The number of hydrogen-bond donors (Lipinski definition) is 3. The summed E-state index contributed by atoms with van der Waals surface area (Å²) in [5.41, 5.74) is 1.31. The van der Waals surface area contributed by atoms with Gasteiger partial charge in [0, 0.05) is 17.3 Å². The lowest BCUT2D eigenvalue weighted by atomic mass is 10.00. The first-order chi connectivity index (χ1) is 10.5. The summed E-state index contributed by atoms with van der Waals surface area (Å²) >= 11 is 1.08. The summed E-state index contributed by atoms with van der Waals surface area (Å²) in [5, 5.41) is 21.2. The lowest BCUT2D eigenvalue weighted by Crippen LogP contribution is -2.29. The molecular weight excluding hydrogens is 302 g/mol. The summed E-state index contributed by atoms with van der Waals surface area (Å²) < 4.78 is 0. The van der Waals surface area contributed by atoms with Gasteiger partial charge >= 0.3 is 5.97 Å². The Morgan fingerprint density at radius 2 is 1.95 bits per heavy atom. The fraction of sp³-hybridized carbons (Fsp3) is 0.250. The zero-order valence-electron chi connectivity index (χ0n) is 12.1. The largest absolute Gasteiger partial charge is 0.477 e. The van der Waals surface area contributed by atoms with E-state index >= 15 is 0 Å². The number of carboxylic acid groups (broad SMARTS) is 1. The Labute approximate surface area is 132 Å². The average molecular weight is 319 g/mol. The third-order valence-electron chi connectivity index (χ3n) is 3.37. The second-order valence-electron chi connectivity index (χ2n) is 4.89. The van der Waals surface area contributed by atoms with E-state index in [2.05, 4.69) is 5.32 Å². The van der Waals surface area contributed by atoms with Gasteiger partial charge in [-0.15, -0.1) is 11.3 Å². The Bertz CT molecular complexity index is 666. The second-order valence-corrected chi connectivity index (χ2v) is 6.14. The van der Waals surface area contributed by atoms with E-state index in [9.17, 15) is 14.7 Å². The fourth-order valence-electron chi connectivity index (χ4n) is 2.14. The van der Waals surface area contributed by atoms with Gasteiger partial charge < -0.3 is 15.5 Å². The minimum atomic E-state index is -1.04. The number of aliphatic hydroxyl groups excluding tert-OH is 1. The molecule has 1 unspecified atom stereocenters. The average Bonchev–Trinajstić information content (AvgIpc) is 2.91. The standard InChI is InChI=1S/C16H17NO4S/c1-10-13(7-14(22-10)16(20)21)15(19)17-8-12(9-18)11-5-3-2-4-6-11/h2-7,12,18H,8-9H2,1H3,(H,17,19)(H,20,21). The number of rotatable bonds is 6. The lowest BCUT2D eigenvalue weighted by Gasteiger charge is -2.15. The molecule has 2 rings (SSSR count). The Hall–Kier alpha value is -2.18. The van der Waals surface area contributed by atoms with Crippen LogP contribution in [0.3, 0.4) is 0 Å². The number of thiophene rings is 1. The van der Waals surface area contributed by atoms with E-state index < -0.39 is 5.97 Å². The van der Waals surface area contributed by atoms with E-state index in [1.54, 1.807) is 6.92 Å². The van der Waals surface area contributed by atoms with Crippen LogP contribution in [0, 0.1) is 6.92 Å². The van der Waals surface area contributed by atoms with E-state index in [-0.39, 0.29) is 29.9 Å². The number of aryl methyl sites for hydroxylation is 1. The van der Waals surface area contributed by atoms with Gasteiger partial charge in [-0.2, -0.15) is 0 Å². The molecule has 1 aromatic heterocycles. The van der Waals surface area contributed by atoms with Crippen molar-refractivity contribution in [2.45, 2.75) is 12.8 Å². The van der Waals surface area contributed by atoms with Crippen molar-refractivity contribution in [3.8, 4) is 0 Å². The molecule has 22 heavy (non-hydrogen) atoms. The van der Waals surface area contributed by atoms with Crippen LogP contribution in [0.25, 0.3) is 0 Å². The van der Waals surface area contributed by atoms with Crippen molar-refractivity contribution in [1.82, 2.24) is 5.32 Å². The van der Waals surface area contributed by atoms with Crippen LogP contribution in [-0.4, -0.2) is 35.2 Å². The highest BCUT2D eigenvalue weighted by Crippen LogP contribution is 2.22. The number of aliphatic hydroxyl groups is 1. The smallest absolute Gasteiger partial charge is 0.345 e. The quantitative estimate of drug-likeness (QED) is 0.762. The maximum Gasteiger partial charge on any atom is 0.345 e. The van der Waals surface area contributed by atoms with Gasteiger partial charge in [0.25, 0.3) is 5.91 Å². The SMILES string of the molecule is Cc1sc(C(=O)O)cc1C(=O)NCC(CO)c1ccccc1. The molecule has 0 saturated heterocycles. The number of nitrogens with one attached hydrogen (secondary N) is 1. The zero-order valence-corrected chi connectivity index (χ0v) is 12.9. The molecule has 3 N–H and O–H groups in total. The van der Waals surface area contributed by atoms with Crippen LogP contribution in [0.2, 0.25) is 0 Å². The van der Waals surface area contributed by atoms with Gasteiger partial charge in [-0.1, -0.05) is 30.3 Å². The van der Waals surface area contributed by atoms with E-state index in [0.717, 1.165) is 16.9 Å². The van der Waals surface area contributed by atoms with Crippen molar-refractivity contribution in [2.75, 3.05) is 13.2 Å². The van der Waals surface area contributed by atoms with Gasteiger partial charge in [0.15, 0.2) is 0 Å². The summed E-state index contributed by atoms with van der Waals surface area (Å²) in [6, 6.07) is 10.8. The first-order valence-corrected chi connectivity index (χ1v) is 7.62. The predicted octanol–water partition coefficient (Wildman–Crippen LogP) is 2.26. The highest BCUT2D eigenvalue weighted by Gasteiger charge is 2.18. The van der Waals surface area contributed by atoms with Crippen molar-refractivity contribution in [1.29, 1.82) is 0 Å². The van der Waals surface area contributed by atoms with Gasteiger partial charge in [-0.3, -0.25) is 4.79 Å². The normalized spacial score (nSPS) is 11.9. The number of carbonyl (C=O) groups is 2. The number of benzene rings is 1. The molecule has 2 aromatic rings. The molecule has 1 atom stereocenters. The first kappa shape index (κ1) is 16.2. The summed E-state index contributed by atoms with van der Waals surface area (Å²) in [4.78, 5) is 23.9. The van der Waals surface area contributed by atoms with Crippen LogP contribution in [0.1, 0.15) is 36.4 Å². The minimum absolute atomic E-state index is 0.0761. The van der Waals surface area contributed by atoms with Crippen molar-refractivity contribution < 1.29 is 19.8 Å². The topological polar surface area (TPSA) is 86.6 Å². The molecule has 0 saturated carbocycles. The molecule has 0 fully saturated rings. The Kier molecular flexibility index (Phi) is 5.30. The van der Waals surface area contributed by atoms with E-state index in [1.807, 2.05) is 30.3 Å². The molecule has 0 bridgehead atoms. The number of carboxylic acids is 1. The fourth-order valence-corrected chi connectivity index (χ4v) is 2.99. The Morgan fingerprint density at radius 3 is 2.50 bits per heavy atom. The van der Waals surface area contributed by atoms with Gasteiger partial charge in [0.2, 0.25) is 0 Å². The van der Waals surface area contributed by atoms with E-state index in [0.29, 0.717) is 10.4 Å². The molecular formula is C16H17NO4S. The highest BCUT2D eigenvalue weighted by molar-refractivity contribution is 7.14. The maximum atomic E-state index is 12.2.